The fourth-order valence-corrected chi connectivity index (χ4v) is 3.26. The minimum absolute atomic E-state index is 0.225. The Bertz CT molecular complexity index is 909. The van der Waals surface area contributed by atoms with Crippen molar-refractivity contribution in [3.05, 3.63) is 59.5 Å². The van der Waals surface area contributed by atoms with Crippen molar-refractivity contribution < 1.29 is 14.3 Å². The minimum Gasteiger partial charge on any atom is -0.490 e. The molecule has 146 valence electrons. The van der Waals surface area contributed by atoms with E-state index in [9.17, 15) is 4.79 Å². The molecule has 3 rings (SSSR count). The van der Waals surface area contributed by atoms with E-state index in [4.69, 9.17) is 9.47 Å². The van der Waals surface area contributed by atoms with Crippen LogP contribution in [-0.4, -0.2) is 24.1 Å². The summed E-state index contributed by atoms with van der Waals surface area (Å²) < 4.78 is 11.5. The van der Waals surface area contributed by atoms with Gasteiger partial charge in [0.2, 0.25) is 0 Å². The van der Waals surface area contributed by atoms with Gasteiger partial charge in [-0.05, 0) is 31.0 Å². The number of rotatable bonds is 9. The molecule has 28 heavy (non-hydrogen) atoms. The summed E-state index contributed by atoms with van der Waals surface area (Å²) in [6, 6.07) is 15.1. The Morgan fingerprint density at radius 3 is 2.43 bits per heavy atom. The lowest BCUT2D eigenvalue weighted by Gasteiger charge is -2.13. The Labute approximate surface area is 169 Å². The van der Waals surface area contributed by atoms with Crippen LogP contribution >= 0.6 is 11.3 Å². The fraction of sp³-hybridized carbons (Fsp3) is 0.273. The number of anilines is 1. The number of nitrogens with zero attached hydrogens (tertiary/aromatic N) is 1. The van der Waals surface area contributed by atoms with Crippen molar-refractivity contribution in [3.63, 3.8) is 0 Å². The first kappa shape index (κ1) is 19.9. The minimum atomic E-state index is -0.225. The predicted molar refractivity (Wildman–Crippen MR) is 114 cm³/mol. The third kappa shape index (κ3) is 5.10. The van der Waals surface area contributed by atoms with Crippen molar-refractivity contribution >= 4 is 22.4 Å². The third-order valence-electron chi connectivity index (χ3n) is 3.92. The molecule has 1 heterocycles. The number of hydrogen-bond acceptors (Lipinski definition) is 5. The van der Waals surface area contributed by atoms with Gasteiger partial charge in [-0.2, -0.15) is 0 Å². The summed E-state index contributed by atoms with van der Waals surface area (Å²) in [5.74, 6) is 1.02. The lowest BCUT2D eigenvalue weighted by Crippen LogP contribution is -2.12. The number of carbonyl (C=O) groups is 1. The summed E-state index contributed by atoms with van der Waals surface area (Å²) in [4.78, 5) is 17.2. The molecule has 0 spiro atoms. The van der Waals surface area contributed by atoms with Gasteiger partial charge < -0.3 is 9.47 Å². The number of ether oxygens (including phenoxy) is 2. The van der Waals surface area contributed by atoms with Crippen LogP contribution in [-0.2, 0) is 0 Å². The van der Waals surface area contributed by atoms with E-state index in [1.807, 2.05) is 49.6 Å². The van der Waals surface area contributed by atoms with Crippen LogP contribution in [0, 0.1) is 0 Å². The Morgan fingerprint density at radius 2 is 1.71 bits per heavy atom. The first-order valence-corrected chi connectivity index (χ1v) is 10.3. The van der Waals surface area contributed by atoms with E-state index < -0.39 is 0 Å². The van der Waals surface area contributed by atoms with E-state index in [0.29, 0.717) is 35.4 Å². The van der Waals surface area contributed by atoms with Gasteiger partial charge in [0.05, 0.1) is 18.9 Å². The molecule has 3 aromatic rings. The van der Waals surface area contributed by atoms with E-state index in [-0.39, 0.29) is 5.91 Å². The normalized spacial score (nSPS) is 10.5. The zero-order valence-corrected chi connectivity index (χ0v) is 16.9. The van der Waals surface area contributed by atoms with Crippen LogP contribution in [0.5, 0.6) is 11.5 Å². The number of thiazole rings is 1. The first-order chi connectivity index (χ1) is 13.7. The zero-order valence-electron chi connectivity index (χ0n) is 16.1. The van der Waals surface area contributed by atoms with E-state index in [1.165, 1.54) is 11.3 Å². The van der Waals surface area contributed by atoms with Crippen molar-refractivity contribution in [3.8, 4) is 22.8 Å². The lowest BCUT2D eigenvalue weighted by molar-refractivity contribution is 0.102. The number of amides is 1. The highest BCUT2D eigenvalue weighted by Crippen LogP contribution is 2.30. The molecule has 0 saturated carbocycles. The number of carbonyl (C=O) groups excluding carboxylic acids is 1. The summed E-state index contributed by atoms with van der Waals surface area (Å²) in [5, 5.41) is 5.36. The maximum absolute atomic E-state index is 12.7. The van der Waals surface area contributed by atoms with Crippen molar-refractivity contribution in [1.82, 2.24) is 4.98 Å². The van der Waals surface area contributed by atoms with Gasteiger partial charge in [0.1, 0.15) is 0 Å². The van der Waals surface area contributed by atoms with Gasteiger partial charge in [-0.1, -0.05) is 44.2 Å². The first-order valence-electron chi connectivity index (χ1n) is 9.43. The molecule has 1 N–H and O–H groups in total. The molecule has 6 heteroatoms. The molecule has 2 aromatic carbocycles. The van der Waals surface area contributed by atoms with Gasteiger partial charge in [0, 0.05) is 16.5 Å². The Morgan fingerprint density at radius 1 is 1.00 bits per heavy atom. The van der Waals surface area contributed by atoms with E-state index >= 15 is 0 Å². The molecule has 5 nitrogen and oxygen atoms in total. The smallest absolute Gasteiger partial charge is 0.257 e. The molecule has 0 radical (unpaired) electrons. The molecule has 1 aromatic heterocycles. The monoisotopic (exact) mass is 396 g/mol. The average molecular weight is 397 g/mol. The van der Waals surface area contributed by atoms with Crippen LogP contribution in [0.3, 0.4) is 0 Å². The molecule has 0 unspecified atom stereocenters. The molecule has 0 bridgehead atoms. The Hall–Kier alpha value is -2.86. The highest BCUT2D eigenvalue weighted by molar-refractivity contribution is 7.14. The molecule has 0 aliphatic rings. The number of aromatic nitrogens is 1. The summed E-state index contributed by atoms with van der Waals surface area (Å²) >= 11 is 1.40. The zero-order chi connectivity index (χ0) is 19.8. The number of benzene rings is 2. The van der Waals surface area contributed by atoms with Gasteiger partial charge in [0.25, 0.3) is 5.91 Å². The molecular weight excluding hydrogens is 372 g/mol. The molecule has 0 atom stereocenters. The molecule has 0 aliphatic carbocycles. The van der Waals surface area contributed by atoms with Crippen LogP contribution in [0.1, 0.15) is 37.0 Å². The van der Waals surface area contributed by atoms with Gasteiger partial charge in [0.15, 0.2) is 16.6 Å². The van der Waals surface area contributed by atoms with Crippen molar-refractivity contribution in [2.24, 2.45) is 0 Å². The molecule has 0 fully saturated rings. The second-order valence-electron chi connectivity index (χ2n) is 6.22. The van der Waals surface area contributed by atoms with E-state index in [1.54, 1.807) is 18.2 Å². The van der Waals surface area contributed by atoms with Crippen LogP contribution in [0.2, 0.25) is 0 Å². The van der Waals surface area contributed by atoms with Gasteiger partial charge in [-0.15, -0.1) is 11.3 Å². The van der Waals surface area contributed by atoms with Gasteiger partial charge >= 0.3 is 0 Å². The molecule has 0 aliphatic heterocycles. The average Bonchev–Trinajstić information content (AvgIpc) is 3.20. The Balaban J connectivity index is 1.74. The molecule has 1 amide bonds. The van der Waals surface area contributed by atoms with Crippen LogP contribution < -0.4 is 14.8 Å². The van der Waals surface area contributed by atoms with Crippen LogP contribution in [0.25, 0.3) is 11.3 Å². The second kappa shape index (κ2) is 9.90. The summed E-state index contributed by atoms with van der Waals surface area (Å²) in [6.07, 6.45) is 1.79. The predicted octanol–water partition coefficient (Wildman–Crippen LogP) is 5.64. The largest absolute Gasteiger partial charge is 0.490 e. The third-order valence-corrected chi connectivity index (χ3v) is 4.68. The summed E-state index contributed by atoms with van der Waals surface area (Å²) in [7, 11) is 0. The van der Waals surface area contributed by atoms with Crippen LogP contribution in [0.4, 0.5) is 5.13 Å². The second-order valence-corrected chi connectivity index (χ2v) is 7.07. The van der Waals surface area contributed by atoms with Crippen molar-refractivity contribution in [1.29, 1.82) is 0 Å². The van der Waals surface area contributed by atoms with Crippen molar-refractivity contribution in [2.45, 2.75) is 26.7 Å². The van der Waals surface area contributed by atoms with Crippen molar-refractivity contribution in [2.75, 3.05) is 18.5 Å². The van der Waals surface area contributed by atoms with Crippen LogP contribution in [0.15, 0.2) is 53.9 Å². The van der Waals surface area contributed by atoms with E-state index in [0.717, 1.165) is 24.1 Å². The maximum Gasteiger partial charge on any atom is 0.257 e. The molecule has 0 saturated heterocycles. The SMILES string of the molecule is CCCOc1ccc(C(=O)Nc2nc(-c3ccccc3)cs2)cc1OCCC. The quantitative estimate of drug-likeness (QED) is 0.508. The lowest BCUT2D eigenvalue weighted by atomic mass is 10.2. The highest BCUT2D eigenvalue weighted by atomic mass is 32.1. The van der Waals surface area contributed by atoms with E-state index in [2.05, 4.69) is 10.3 Å². The maximum atomic E-state index is 12.7. The van der Waals surface area contributed by atoms with Gasteiger partial charge in [-0.25, -0.2) is 4.98 Å². The summed E-state index contributed by atoms with van der Waals surface area (Å²) in [5.41, 5.74) is 2.37. The summed E-state index contributed by atoms with van der Waals surface area (Å²) in [6.45, 7) is 5.26. The number of hydrogen-bond donors (Lipinski definition) is 1. The topological polar surface area (TPSA) is 60.5 Å². The highest BCUT2D eigenvalue weighted by Gasteiger charge is 2.14. The fourth-order valence-electron chi connectivity index (χ4n) is 2.55. The number of nitrogens with one attached hydrogen (secondary N) is 1. The Kier molecular flexibility index (Phi) is 7.03. The van der Waals surface area contributed by atoms with Gasteiger partial charge in [-0.3, -0.25) is 10.1 Å². The standard InChI is InChI=1S/C22H24N2O3S/c1-3-12-26-19-11-10-17(14-20(19)27-13-4-2)21(25)24-22-23-18(15-28-22)16-8-6-5-7-9-16/h5-11,14-15H,3-4,12-13H2,1-2H3,(H,23,24,25). The molecular formula is C22H24N2O3S.